The lowest BCUT2D eigenvalue weighted by Crippen LogP contribution is -2.32. The number of nitrogens with two attached hydrogens (primary N) is 1. The van der Waals surface area contributed by atoms with E-state index in [1.165, 1.54) is 12.1 Å². The van der Waals surface area contributed by atoms with E-state index in [0.717, 1.165) is 12.8 Å². The molecular formula is C8H19NOSi. The van der Waals surface area contributed by atoms with Gasteiger partial charge in [-0.25, -0.2) is 0 Å². The molecule has 0 spiro atoms. The summed E-state index contributed by atoms with van der Waals surface area (Å²) in [5, 5.41) is 9.49. The molecule has 1 aliphatic heterocycles. The van der Waals surface area contributed by atoms with Crippen molar-refractivity contribution in [3.63, 3.8) is 0 Å². The maximum absolute atomic E-state index is 9.49. The standard InChI is InChI=1S/C8H19NOSi/c1-11(2)5-3-7(9)8(10)4-6-11/h7-8,10H,3-6,9H2,1-2H3/t7-,8-/m0/s1. The summed E-state index contributed by atoms with van der Waals surface area (Å²) >= 11 is 0. The van der Waals surface area contributed by atoms with Crippen LogP contribution in [0.25, 0.3) is 0 Å². The van der Waals surface area contributed by atoms with Crippen LogP contribution in [0.15, 0.2) is 0 Å². The second kappa shape index (κ2) is 3.25. The van der Waals surface area contributed by atoms with Crippen LogP contribution < -0.4 is 5.73 Å². The first-order valence-electron chi connectivity index (χ1n) is 4.45. The third kappa shape index (κ3) is 2.58. The minimum Gasteiger partial charge on any atom is -0.392 e. The summed E-state index contributed by atoms with van der Waals surface area (Å²) in [4.78, 5) is 0. The Morgan fingerprint density at radius 3 is 2.45 bits per heavy atom. The Kier molecular flexibility index (Phi) is 2.73. The lowest BCUT2D eigenvalue weighted by molar-refractivity contribution is 0.141. The number of aliphatic hydroxyl groups is 1. The second-order valence-electron chi connectivity index (χ2n) is 4.47. The summed E-state index contributed by atoms with van der Waals surface area (Å²) < 4.78 is 0. The van der Waals surface area contributed by atoms with Crippen LogP contribution in [-0.2, 0) is 0 Å². The highest BCUT2D eigenvalue weighted by Crippen LogP contribution is 2.26. The van der Waals surface area contributed by atoms with Crippen molar-refractivity contribution < 1.29 is 5.11 Å². The molecule has 3 N–H and O–H groups in total. The summed E-state index contributed by atoms with van der Waals surface area (Å²) in [6, 6.07) is 2.57. The Labute approximate surface area is 69.8 Å². The zero-order valence-electron chi connectivity index (χ0n) is 7.51. The van der Waals surface area contributed by atoms with E-state index in [1.807, 2.05) is 0 Å². The summed E-state index contributed by atoms with van der Waals surface area (Å²) in [6.45, 7) is 4.77. The molecule has 0 aromatic carbocycles. The summed E-state index contributed by atoms with van der Waals surface area (Å²) in [7, 11) is -0.964. The average Bonchev–Trinajstić information content (AvgIpc) is 2.03. The predicted octanol–water partition coefficient (Wildman–Crippen LogP) is 1.18. The molecule has 1 rings (SSSR count). The van der Waals surface area contributed by atoms with Crippen molar-refractivity contribution >= 4 is 8.07 Å². The molecule has 0 saturated carbocycles. The van der Waals surface area contributed by atoms with E-state index < -0.39 is 8.07 Å². The smallest absolute Gasteiger partial charge is 0.0688 e. The molecule has 1 aliphatic rings. The predicted molar refractivity (Wildman–Crippen MR) is 50.3 cm³/mol. The van der Waals surface area contributed by atoms with Crippen LogP contribution in [0.4, 0.5) is 0 Å². The van der Waals surface area contributed by atoms with Gasteiger partial charge in [-0.05, 0) is 12.8 Å². The lowest BCUT2D eigenvalue weighted by atomic mass is 10.1. The number of rotatable bonds is 0. The molecular weight excluding hydrogens is 154 g/mol. The van der Waals surface area contributed by atoms with Gasteiger partial charge in [0.15, 0.2) is 0 Å². The fourth-order valence-corrected chi connectivity index (χ4v) is 4.07. The third-order valence-electron chi connectivity index (χ3n) is 2.77. The van der Waals surface area contributed by atoms with Gasteiger partial charge in [-0.1, -0.05) is 25.2 Å². The maximum atomic E-state index is 9.49. The van der Waals surface area contributed by atoms with Gasteiger partial charge in [0.1, 0.15) is 0 Å². The second-order valence-corrected chi connectivity index (χ2v) is 9.80. The van der Waals surface area contributed by atoms with E-state index in [2.05, 4.69) is 13.1 Å². The van der Waals surface area contributed by atoms with Crippen LogP contribution in [0.2, 0.25) is 25.2 Å². The molecule has 2 atom stereocenters. The zero-order valence-corrected chi connectivity index (χ0v) is 8.51. The van der Waals surface area contributed by atoms with Gasteiger partial charge >= 0.3 is 0 Å². The first kappa shape index (κ1) is 9.23. The molecule has 0 aromatic rings. The minimum atomic E-state index is -0.964. The first-order chi connectivity index (χ1) is 5.01. The van der Waals surface area contributed by atoms with Crippen LogP contribution >= 0.6 is 0 Å². The van der Waals surface area contributed by atoms with Gasteiger partial charge in [0.05, 0.1) is 6.10 Å². The average molecular weight is 173 g/mol. The lowest BCUT2D eigenvalue weighted by Gasteiger charge is -2.18. The molecule has 0 aliphatic carbocycles. The van der Waals surface area contributed by atoms with Crippen LogP contribution in [0.1, 0.15) is 12.8 Å². The Morgan fingerprint density at radius 1 is 1.27 bits per heavy atom. The van der Waals surface area contributed by atoms with E-state index in [-0.39, 0.29) is 12.1 Å². The normalized spacial score (nSPS) is 38.2. The van der Waals surface area contributed by atoms with Gasteiger partial charge in [0.25, 0.3) is 0 Å². The van der Waals surface area contributed by atoms with E-state index in [0.29, 0.717) is 0 Å². The van der Waals surface area contributed by atoms with Crippen LogP contribution in [0.5, 0.6) is 0 Å². The van der Waals surface area contributed by atoms with Crippen molar-refractivity contribution in [2.45, 2.75) is 50.2 Å². The maximum Gasteiger partial charge on any atom is 0.0688 e. The zero-order chi connectivity index (χ0) is 8.48. The van der Waals surface area contributed by atoms with Crippen molar-refractivity contribution in [2.24, 2.45) is 5.73 Å². The monoisotopic (exact) mass is 173 g/mol. The molecule has 11 heavy (non-hydrogen) atoms. The number of hydrogen-bond donors (Lipinski definition) is 2. The van der Waals surface area contributed by atoms with Gasteiger partial charge in [-0.2, -0.15) is 0 Å². The van der Waals surface area contributed by atoms with E-state index in [1.54, 1.807) is 0 Å². The molecule has 2 nitrogen and oxygen atoms in total. The number of aliphatic hydroxyl groups excluding tert-OH is 1. The van der Waals surface area contributed by atoms with Crippen LogP contribution in [0, 0.1) is 0 Å². The Morgan fingerprint density at radius 2 is 1.82 bits per heavy atom. The molecule has 3 heteroatoms. The van der Waals surface area contributed by atoms with Crippen molar-refractivity contribution in [2.75, 3.05) is 0 Å². The topological polar surface area (TPSA) is 46.2 Å². The fraction of sp³-hybridized carbons (Fsp3) is 1.00. The van der Waals surface area contributed by atoms with E-state index >= 15 is 0 Å². The molecule has 66 valence electrons. The first-order valence-corrected chi connectivity index (χ1v) is 7.86. The SMILES string of the molecule is C[Si]1(C)CC[C@H](N)[C@@H](O)CC1. The van der Waals surface area contributed by atoms with E-state index in [9.17, 15) is 5.11 Å². The largest absolute Gasteiger partial charge is 0.392 e. The summed E-state index contributed by atoms with van der Waals surface area (Å²) in [5.41, 5.74) is 5.77. The molecule has 0 aromatic heterocycles. The van der Waals surface area contributed by atoms with Gasteiger partial charge in [-0.3, -0.25) is 0 Å². The van der Waals surface area contributed by atoms with Crippen LogP contribution in [-0.4, -0.2) is 25.3 Å². The molecule has 0 bridgehead atoms. The third-order valence-corrected chi connectivity index (χ3v) is 6.05. The molecule has 0 radical (unpaired) electrons. The minimum absolute atomic E-state index is 0.0456. The molecule has 0 amide bonds. The van der Waals surface area contributed by atoms with E-state index in [4.69, 9.17) is 5.73 Å². The Hall–Kier alpha value is 0.137. The van der Waals surface area contributed by atoms with Crippen molar-refractivity contribution in [1.82, 2.24) is 0 Å². The highest BCUT2D eigenvalue weighted by molar-refractivity contribution is 6.77. The highest BCUT2D eigenvalue weighted by atomic mass is 28.3. The molecule has 1 heterocycles. The molecule has 0 unspecified atom stereocenters. The van der Waals surface area contributed by atoms with Crippen molar-refractivity contribution in [3.05, 3.63) is 0 Å². The number of hydrogen-bond acceptors (Lipinski definition) is 2. The summed E-state index contributed by atoms with van der Waals surface area (Å²) in [5.74, 6) is 0. The van der Waals surface area contributed by atoms with Crippen molar-refractivity contribution in [1.29, 1.82) is 0 Å². The quantitative estimate of drug-likeness (QED) is 0.540. The van der Waals surface area contributed by atoms with Gasteiger partial charge in [0.2, 0.25) is 0 Å². The van der Waals surface area contributed by atoms with Gasteiger partial charge < -0.3 is 10.8 Å². The van der Waals surface area contributed by atoms with Crippen LogP contribution in [0.3, 0.4) is 0 Å². The highest BCUT2D eigenvalue weighted by Gasteiger charge is 2.28. The van der Waals surface area contributed by atoms with Gasteiger partial charge in [0, 0.05) is 14.1 Å². The van der Waals surface area contributed by atoms with Crippen molar-refractivity contribution in [3.8, 4) is 0 Å². The molecule has 1 saturated heterocycles. The Balaban J connectivity index is 2.51. The fourth-order valence-electron chi connectivity index (χ4n) is 1.63. The molecule has 1 fully saturated rings. The Bertz CT molecular complexity index is 124. The summed E-state index contributed by atoms with van der Waals surface area (Å²) in [6.07, 6.45) is 1.73. The van der Waals surface area contributed by atoms with Gasteiger partial charge in [-0.15, -0.1) is 0 Å².